The second-order valence-corrected chi connectivity index (χ2v) is 4.44. The summed E-state index contributed by atoms with van der Waals surface area (Å²) >= 11 is 6.70. The molecular weight excluding hydrogens is 166 g/mol. The first kappa shape index (κ1) is 8.30. The number of ether oxygens (including phenoxy) is 1. The zero-order chi connectivity index (χ0) is 7.56. The van der Waals surface area contributed by atoms with E-state index in [9.17, 15) is 0 Å². The van der Waals surface area contributed by atoms with Crippen molar-refractivity contribution in [3.63, 3.8) is 0 Å². The minimum atomic E-state index is 0.128. The van der Waals surface area contributed by atoms with Gasteiger partial charge in [-0.2, -0.15) is 0 Å². The first-order valence-corrected chi connectivity index (χ1v) is 4.51. The van der Waals surface area contributed by atoms with Crippen molar-refractivity contribution in [1.29, 1.82) is 0 Å². The lowest BCUT2D eigenvalue weighted by molar-refractivity contribution is 0.0838. The number of nitrogens with one attached hydrogen (secondary N) is 1. The molecule has 1 N–H and O–H groups in total. The van der Waals surface area contributed by atoms with Crippen molar-refractivity contribution in [2.45, 2.75) is 24.8 Å². The van der Waals surface area contributed by atoms with E-state index in [1.807, 2.05) is 0 Å². The van der Waals surface area contributed by atoms with Crippen LogP contribution in [0.25, 0.3) is 0 Å². The molecule has 2 atom stereocenters. The van der Waals surface area contributed by atoms with Crippen LogP contribution < -0.4 is 5.32 Å². The van der Waals surface area contributed by atoms with Gasteiger partial charge >= 0.3 is 0 Å². The van der Waals surface area contributed by atoms with Crippen molar-refractivity contribution in [1.82, 2.24) is 5.32 Å². The van der Waals surface area contributed by atoms with Gasteiger partial charge in [0.1, 0.15) is 10.5 Å². The molecule has 0 aromatic carbocycles. The number of thiocarbonyl (C=S) groups is 1. The summed E-state index contributed by atoms with van der Waals surface area (Å²) in [6.07, 6.45) is 1.16. The highest BCUT2D eigenvalue weighted by atomic mass is 32.2. The highest BCUT2D eigenvalue weighted by Crippen LogP contribution is 2.22. The number of hydrogen-bond acceptors (Lipinski definition) is 3. The maximum atomic E-state index is 5.12. The van der Waals surface area contributed by atoms with Crippen LogP contribution in [0.1, 0.15) is 13.3 Å². The summed E-state index contributed by atoms with van der Waals surface area (Å²) < 4.78 is 5.97. The maximum Gasteiger partial charge on any atom is 0.136 e. The van der Waals surface area contributed by atoms with E-state index in [1.165, 1.54) is 0 Å². The third-order valence-electron chi connectivity index (χ3n) is 1.42. The monoisotopic (exact) mass is 177 g/mol. The fourth-order valence-electron chi connectivity index (χ4n) is 0.912. The SMILES string of the molecule is CO[C@@H]1C[C@H](C)SC(=S)N1. The molecule has 2 nitrogen and oxygen atoms in total. The van der Waals surface area contributed by atoms with Crippen LogP contribution in [0.5, 0.6) is 0 Å². The van der Waals surface area contributed by atoms with Crippen LogP contribution in [0.15, 0.2) is 0 Å². The predicted octanol–water partition coefficient (Wildman–Crippen LogP) is 1.36. The van der Waals surface area contributed by atoms with Crippen molar-refractivity contribution < 1.29 is 4.74 Å². The number of hydrogen-bond donors (Lipinski definition) is 1. The second-order valence-electron chi connectivity index (χ2n) is 2.32. The van der Waals surface area contributed by atoms with Crippen molar-refractivity contribution in [2.24, 2.45) is 0 Å². The Morgan fingerprint density at radius 2 is 2.50 bits per heavy atom. The highest BCUT2D eigenvalue weighted by molar-refractivity contribution is 8.23. The number of methoxy groups -OCH3 is 1. The minimum absolute atomic E-state index is 0.128. The molecule has 0 aliphatic carbocycles. The largest absolute Gasteiger partial charge is 0.362 e. The Morgan fingerprint density at radius 3 is 3.00 bits per heavy atom. The van der Waals surface area contributed by atoms with Gasteiger partial charge in [0.2, 0.25) is 0 Å². The first-order chi connectivity index (χ1) is 4.72. The van der Waals surface area contributed by atoms with Gasteiger partial charge in [-0.05, 0) is 0 Å². The zero-order valence-electron chi connectivity index (χ0n) is 6.09. The third kappa shape index (κ3) is 2.11. The molecule has 1 rings (SSSR count). The molecule has 1 aliphatic heterocycles. The third-order valence-corrected chi connectivity index (χ3v) is 2.75. The van der Waals surface area contributed by atoms with Crippen molar-refractivity contribution in [3.05, 3.63) is 0 Å². The Kier molecular flexibility index (Phi) is 2.95. The van der Waals surface area contributed by atoms with Gasteiger partial charge in [0.15, 0.2) is 0 Å². The van der Waals surface area contributed by atoms with E-state index in [2.05, 4.69) is 12.2 Å². The molecule has 1 heterocycles. The quantitative estimate of drug-likeness (QED) is 0.610. The van der Waals surface area contributed by atoms with Crippen LogP contribution in [0, 0.1) is 0 Å². The molecule has 0 amide bonds. The molecule has 0 radical (unpaired) electrons. The molecule has 58 valence electrons. The average molecular weight is 177 g/mol. The van der Waals surface area contributed by atoms with Crippen molar-refractivity contribution >= 4 is 28.3 Å². The normalized spacial score (nSPS) is 33.6. The summed E-state index contributed by atoms with van der Waals surface area (Å²) in [5.74, 6) is 0. The maximum absolute atomic E-state index is 5.12. The molecule has 10 heavy (non-hydrogen) atoms. The summed E-state index contributed by atoms with van der Waals surface area (Å²) in [5.41, 5.74) is 0. The van der Waals surface area contributed by atoms with Crippen LogP contribution in [-0.4, -0.2) is 22.9 Å². The molecular formula is C6H11NOS2. The summed E-state index contributed by atoms with van der Waals surface area (Å²) in [6.45, 7) is 2.16. The second kappa shape index (κ2) is 3.55. The fraction of sp³-hybridized carbons (Fsp3) is 0.833. The van der Waals surface area contributed by atoms with Gasteiger partial charge in [0, 0.05) is 18.8 Å². The van der Waals surface area contributed by atoms with Crippen LogP contribution in [0.4, 0.5) is 0 Å². The Labute approximate surface area is 70.7 Å². The Balaban J connectivity index is 2.42. The molecule has 0 aromatic rings. The molecule has 0 aromatic heterocycles. The topological polar surface area (TPSA) is 21.3 Å². The van der Waals surface area contributed by atoms with E-state index in [0.717, 1.165) is 10.7 Å². The molecule has 1 aliphatic rings. The van der Waals surface area contributed by atoms with E-state index in [4.69, 9.17) is 17.0 Å². The molecule has 0 spiro atoms. The lowest BCUT2D eigenvalue weighted by Gasteiger charge is -2.27. The lowest BCUT2D eigenvalue weighted by atomic mass is 10.3. The lowest BCUT2D eigenvalue weighted by Crippen LogP contribution is -2.40. The van der Waals surface area contributed by atoms with Gasteiger partial charge < -0.3 is 10.1 Å². The van der Waals surface area contributed by atoms with E-state index < -0.39 is 0 Å². The van der Waals surface area contributed by atoms with Crippen molar-refractivity contribution in [2.75, 3.05) is 7.11 Å². The summed E-state index contributed by atoms with van der Waals surface area (Å²) in [7, 11) is 1.70. The van der Waals surface area contributed by atoms with Gasteiger partial charge in [0.25, 0.3) is 0 Å². The van der Waals surface area contributed by atoms with Gasteiger partial charge in [-0.15, -0.1) is 0 Å². The smallest absolute Gasteiger partial charge is 0.136 e. The van der Waals surface area contributed by atoms with Gasteiger partial charge in [-0.1, -0.05) is 30.9 Å². The standard InChI is InChI=1S/C6H11NOS2/c1-4-3-5(8-2)7-6(9)10-4/h4-5H,3H2,1-2H3,(H,7,9)/t4-,5+/m0/s1. The Hall–Kier alpha value is 0.200. The fourth-order valence-corrected chi connectivity index (χ4v) is 2.37. The van der Waals surface area contributed by atoms with Crippen LogP contribution in [0.2, 0.25) is 0 Å². The first-order valence-electron chi connectivity index (χ1n) is 3.22. The Bertz CT molecular complexity index is 140. The summed E-state index contributed by atoms with van der Waals surface area (Å²) in [5, 5.41) is 3.65. The molecule has 0 unspecified atom stereocenters. The molecule has 1 saturated heterocycles. The molecule has 0 bridgehead atoms. The van der Waals surface area contributed by atoms with Crippen molar-refractivity contribution in [3.8, 4) is 0 Å². The van der Waals surface area contributed by atoms with Crippen LogP contribution >= 0.6 is 24.0 Å². The van der Waals surface area contributed by atoms with E-state index >= 15 is 0 Å². The van der Waals surface area contributed by atoms with Gasteiger partial charge in [-0.3, -0.25) is 0 Å². The predicted molar refractivity (Wildman–Crippen MR) is 48.2 cm³/mol. The van der Waals surface area contributed by atoms with Crippen LogP contribution in [0.3, 0.4) is 0 Å². The van der Waals surface area contributed by atoms with E-state index in [0.29, 0.717) is 5.25 Å². The molecule has 0 saturated carbocycles. The molecule has 4 heteroatoms. The number of thioether (sulfide) groups is 1. The average Bonchev–Trinajstić information content (AvgIpc) is 1.85. The number of rotatable bonds is 1. The van der Waals surface area contributed by atoms with Gasteiger partial charge in [-0.25, -0.2) is 0 Å². The minimum Gasteiger partial charge on any atom is -0.362 e. The zero-order valence-corrected chi connectivity index (χ0v) is 7.72. The van der Waals surface area contributed by atoms with E-state index in [-0.39, 0.29) is 6.23 Å². The highest BCUT2D eigenvalue weighted by Gasteiger charge is 2.20. The summed E-state index contributed by atoms with van der Waals surface area (Å²) in [4.78, 5) is 0. The van der Waals surface area contributed by atoms with E-state index in [1.54, 1.807) is 18.9 Å². The van der Waals surface area contributed by atoms with Gasteiger partial charge in [0.05, 0.1) is 0 Å². The molecule has 1 fully saturated rings. The van der Waals surface area contributed by atoms with Crippen LogP contribution in [-0.2, 0) is 4.74 Å². The summed E-state index contributed by atoms with van der Waals surface area (Å²) in [6, 6.07) is 0. The Morgan fingerprint density at radius 1 is 1.80 bits per heavy atom.